The Balaban J connectivity index is 2.14. The Kier molecular flexibility index (Phi) is 4.16. The van der Waals surface area contributed by atoms with Gasteiger partial charge in [-0.3, -0.25) is 0 Å². The van der Waals surface area contributed by atoms with Crippen molar-refractivity contribution >= 4 is 6.09 Å². The number of amides is 1. The summed E-state index contributed by atoms with van der Waals surface area (Å²) in [5.74, 6) is 0.386. The third-order valence-electron chi connectivity index (χ3n) is 2.37. The number of carbonyl (C=O) groups is 1. The number of hydrogen-bond acceptors (Lipinski definition) is 4. The Morgan fingerprint density at radius 2 is 2.21 bits per heavy atom. The van der Waals surface area contributed by atoms with E-state index in [2.05, 4.69) is 0 Å². The van der Waals surface area contributed by atoms with E-state index >= 15 is 0 Å². The molecule has 0 saturated heterocycles. The number of hydrogen-bond donors (Lipinski definition) is 2. The second-order valence-corrected chi connectivity index (χ2v) is 3.71. The molecule has 0 radical (unpaired) electrons. The molecule has 82 valence electrons. The Bertz CT molecular complexity index is 191. The zero-order valence-electron chi connectivity index (χ0n) is 8.35. The predicted molar refractivity (Wildman–Crippen MR) is 49.8 cm³/mol. The molecule has 1 rings (SSSR count). The summed E-state index contributed by atoms with van der Waals surface area (Å²) in [5, 5.41) is 17.5. The number of ether oxygens (including phenoxy) is 1. The molecule has 0 unspecified atom stereocenters. The van der Waals surface area contributed by atoms with Crippen LogP contribution >= 0.6 is 0 Å². The Morgan fingerprint density at radius 1 is 1.57 bits per heavy atom. The van der Waals surface area contributed by atoms with E-state index in [0.29, 0.717) is 12.5 Å². The SMILES string of the molecule is CN(CC1CC(O)C1)C(=O)OCCO. The largest absolute Gasteiger partial charge is 0.447 e. The molecule has 0 atom stereocenters. The number of carbonyl (C=O) groups excluding carboxylic acids is 1. The molecule has 0 aromatic heterocycles. The molecule has 2 N–H and O–H groups in total. The third-order valence-corrected chi connectivity index (χ3v) is 2.37. The van der Waals surface area contributed by atoms with Gasteiger partial charge in [-0.05, 0) is 18.8 Å². The van der Waals surface area contributed by atoms with Gasteiger partial charge in [-0.25, -0.2) is 4.79 Å². The topological polar surface area (TPSA) is 70.0 Å². The third kappa shape index (κ3) is 3.16. The highest BCUT2D eigenvalue weighted by atomic mass is 16.6. The standard InChI is InChI=1S/C9H17NO4/c1-10(9(13)14-3-2-11)6-7-4-8(12)5-7/h7-8,11-12H,2-6H2,1H3. The fourth-order valence-electron chi connectivity index (χ4n) is 1.55. The average molecular weight is 203 g/mol. The monoisotopic (exact) mass is 203 g/mol. The minimum atomic E-state index is -0.416. The summed E-state index contributed by atoms with van der Waals surface area (Å²) in [6, 6.07) is 0. The first-order chi connectivity index (χ1) is 6.63. The lowest BCUT2D eigenvalue weighted by Crippen LogP contribution is -2.39. The molecule has 1 saturated carbocycles. The summed E-state index contributed by atoms with van der Waals surface area (Å²) in [4.78, 5) is 12.7. The molecular formula is C9H17NO4. The van der Waals surface area contributed by atoms with E-state index in [1.54, 1.807) is 7.05 Å². The summed E-state index contributed by atoms with van der Waals surface area (Å²) < 4.78 is 4.72. The lowest BCUT2D eigenvalue weighted by Gasteiger charge is -2.33. The van der Waals surface area contributed by atoms with E-state index in [1.807, 2.05) is 0 Å². The smallest absolute Gasteiger partial charge is 0.409 e. The van der Waals surface area contributed by atoms with Crippen molar-refractivity contribution in [3.05, 3.63) is 0 Å². The maximum absolute atomic E-state index is 11.2. The molecule has 1 aliphatic rings. The summed E-state index contributed by atoms with van der Waals surface area (Å²) >= 11 is 0. The average Bonchev–Trinajstić information content (AvgIpc) is 2.11. The van der Waals surface area contributed by atoms with Crippen LogP contribution in [0.15, 0.2) is 0 Å². The zero-order valence-corrected chi connectivity index (χ0v) is 8.35. The van der Waals surface area contributed by atoms with Gasteiger partial charge in [0.15, 0.2) is 0 Å². The summed E-state index contributed by atoms with van der Waals surface area (Å²) in [5.41, 5.74) is 0. The van der Waals surface area contributed by atoms with Gasteiger partial charge in [0.2, 0.25) is 0 Å². The summed E-state index contributed by atoms with van der Waals surface area (Å²) in [7, 11) is 1.66. The molecule has 5 heteroatoms. The highest BCUT2D eigenvalue weighted by molar-refractivity contribution is 5.67. The van der Waals surface area contributed by atoms with Crippen LogP contribution in [-0.4, -0.2) is 54.1 Å². The first-order valence-electron chi connectivity index (χ1n) is 4.80. The lowest BCUT2D eigenvalue weighted by molar-refractivity contribution is 0.0237. The highest BCUT2D eigenvalue weighted by Gasteiger charge is 2.29. The molecule has 0 aromatic rings. The fourth-order valence-corrected chi connectivity index (χ4v) is 1.55. The first-order valence-corrected chi connectivity index (χ1v) is 4.80. The van der Waals surface area contributed by atoms with Gasteiger partial charge >= 0.3 is 6.09 Å². The second kappa shape index (κ2) is 5.17. The van der Waals surface area contributed by atoms with E-state index in [0.717, 1.165) is 12.8 Å². The van der Waals surface area contributed by atoms with E-state index < -0.39 is 6.09 Å². The van der Waals surface area contributed by atoms with E-state index in [4.69, 9.17) is 14.9 Å². The van der Waals surface area contributed by atoms with Crippen LogP contribution in [0.25, 0.3) is 0 Å². The Hall–Kier alpha value is -0.810. The molecule has 0 heterocycles. The van der Waals surface area contributed by atoms with Crippen molar-refractivity contribution in [1.29, 1.82) is 0 Å². The maximum Gasteiger partial charge on any atom is 0.409 e. The quantitative estimate of drug-likeness (QED) is 0.665. The van der Waals surface area contributed by atoms with Gasteiger partial charge in [-0.2, -0.15) is 0 Å². The maximum atomic E-state index is 11.2. The van der Waals surface area contributed by atoms with Crippen LogP contribution < -0.4 is 0 Å². The van der Waals surface area contributed by atoms with Gasteiger partial charge < -0.3 is 19.8 Å². The van der Waals surface area contributed by atoms with Crippen molar-refractivity contribution in [2.24, 2.45) is 5.92 Å². The Labute approximate surface area is 83.3 Å². The van der Waals surface area contributed by atoms with Crippen LogP contribution in [-0.2, 0) is 4.74 Å². The molecule has 0 aromatic carbocycles. The molecule has 0 spiro atoms. The van der Waals surface area contributed by atoms with Crippen molar-refractivity contribution in [2.75, 3.05) is 26.8 Å². The lowest BCUT2D eigenvalue weighted by atomic mass is 9.82. The van der Waals surface area contributed by atoms with Crippen molar-refractivity contribution in [3.63, 3.8) is 0 Å². The summed E-state index contributed by atoms with van der Waals surface area (Å²) in [6.07, 6.45) is 0.914. The van der Waals surface area contributed by atoms with Crippen molar-refractivity contribution in [2.45, 2.75) is 18.9 Å². The molecule has 1 aliphatic carbocycles. The van der Waals surface area contributed by atoms with Crippen molar-refractivity contribution < 1.29 is 19.7 Å². The minimum absolute atomic E-state index is 0.0382. The molecule has 1 amide bonds. The number of rotatable bonds is 4. The summed E-state index contributed by atoms with van der Waals surface area (Å²) in [6.45, 7) is 0.500. The Morgan fingerprint density at radius 3 is 2.71 bits per heavy atom. The van der Waals surface area contributed by atoms with Crippen LogP contribution in [0.3, 0.4) is 0 Å². The van der Waals surface area contributed by atoms with Crippen LogP contribution in [0, 0.1) is 5.92 Å². The van der Waals surface area contributed by atoms with E-state index in [-0.39, 0.29) is 19.3 Å². The van der Waals surface area contributed by atoms with Crippen LogP contribution in [0.4, 0.5) is 4.79 Å². The fraction of sp³-hybridized carbons (Fsp3) is 0.889. The highest BCUT2D eigenvalue weighted by Crippen LogP contribution is 2.27. The number of aliphatic hydroxyl groups excluding tert-OH is 2. The predicted octanol–water partition coefficient (Wildman–Crippen LogP) is -0.182. The molecule has 0 aliphatic heterocycles. The molecule has 14 heavy (non-hydrogen) atoms. The van der Waals surface area contributed by atoms with Gasteiger partial charge in [-0.1, -0.05) is 0 Å². The second-order valence-electron chi connectivity index (χ2n) is 3.71. The molecule has 1 fully saturated rings. The minimum Gasteiger partial charge on any atom is -0.447 e. The molecular weight excluding hydrogens is 186 g/mol. The molecule has 0 bridgehead atoms. The van der Waals surface area contributed by atoms with Gasteiger partial charge in [0.1, 0.15) is 6.61 Å². The van der Waals surface area contributed by atoms with Crippen LogP contribution in [0.5, 0.6) is 0 Å². The number of aliphatic hydroxyl groups is 2. The normalized spacial score (nSPS) is 25.4. The van der Waals surface area contributed by atoms with Gasteiger partial charge in [0, 0.05) is 13.6 Å². The van der Waals surface area contributed by atoms with Gasteiger partial charge in [0.25, 0.3) is 0 Å². The van der Waals surface area contributed by atoms with Crippen LogP contribution in [0.1, 0.15) is 12.8 Å². The number of nitrogens with zero attached hydrogens (tertiary/aromatic N) is 1. The zero-order chi connectivity index (χ0) is 10.6. The van der Waals surface area contributed by atoms with Crippen LogP contribution in [0.2, 0.25) is 0 Å². The molecule has 5 nitrogen and oxygen atoms in total. The van der Waals surface area contributed by atoms with Gasteiger partial charge in [0.05, 0.1) is 12.7 Å². The first kappa shape index (κ1) is 11.3. The van der Waals surface area contributed by atoms with Gasteiger partial charge in [-0.15, -0.1) is 0 Å². The van der Waals surface area contributed by atoms with E-state index in [9.17, 15) is 4.79 Å². The van der Waals surface area contributed by atoms with E-state index in [1.165, 1.54) is 4.90 Å². The van der Waals surface area contributed by atoms with Crippen molar-refractivity contribution in [1.82, 2.24) is 4.90 Å². The van der Waals surface area contributed by atoms with Crippen molar-refractivity contribution in [3.8, 4) is 0 Å².